The van der Waals surface area contributed by atoms with E-state index in [-0.39, 0.29) is 4.90 Å². The quantitative estimate of drug-likeness (QED) is 0.870. The van der Waals surface area contributed by atoms with Crippen LogP contribution in [0.1, 0.15) is 50.8 Å². The molecule has 26 heavy (non-hydrogen) atoms. The van der Waals surface area contributed by atoms with Gasteiger partial charge in [0.05, 0.1) is 5.54 Å². The maximum atomic E-state index is 12.9. The summed E-state index contributed by atoms with van der Waals surface area (Å²) < 4.78 is 34.4. The molecular weight excluding hydrogens is 354 g/mol. The summed E-state index contributed by atoms with van der Waals surface area (Å²) in [5, 5.41) is 4.06. The molecule has 8 nitrogen and oxygen atoms in total. The van der Waals surface area contributed by atoms with Gasteiger partial charge >= 0.3 is 0 Å². The zero-order valence-corrected chi connectivity index (χ0v) is 15.8. The molecule has 1 saturated carbocycles. The van der Waals surface area contributed by atoms with Crippen LogP contribution in [0, 0.1) is 0 Å². The minimum absolute atomic E-state index is 0.264. The van der Waals surface area contributed by atoms with E-state index in [1.165, 1.54) is 0 Å². The summed E-state index contributed by atoms with van der Waals surface area (Å²) in [7, 11) is -1.71. The highest BCUT2D eigenvalue weighted by Crippen LogP contribution is 2.36. The van der Waals surface area contributed by atoms with Gasteiger partial charge in [-0.05, 0) is 31.7 Å². The third kappa shape index (κ3) is 2.97. The average Bonchev–Trinajstić information content (AvgIpc) is 3.35. The molecule has 0 atom stereocenters. The zero-order chi connectivity index (χ0) is 18.4. The van der Waals surface area contributed by atoms with Gasteiger partial charge in [0.15, 0.2) is 5.82 Å². The molecule has 0 bridgehead atoms. The molecular formula is C17H25N5O3S. The van der Waals surface area contributed by atoms with Crippen LogP contribution in [-0.4, -0.2) is 40.5 Å². The first kappa shape index (κ1) is 17.7. The molecule has 0 spiro atoms. The van der Waals surface area contributed by atoms with Gasteiger partial charge in [-0.15, -0.1) is 0 Å². The normalized spacial score (nSPS) is 21.3. The highest BCUT2D eigenvalue weighted by molar-refractivity contribution is 7.89. The predicted octanol–water partition coefficient (Wildman–Crippen LogP) is 1.98. The highest BCUT2D eigenvalue weighted by atomic mass is 32.2. The van der Waals surface area contributed by atoms with Crippen molar-refractivity contribution in [1.82, 2.24) is 19.0 Å². The van der Waals surface area contributed by atoms with Crippen LogP contribution in [0.5, 0.6) is 0 Å². The zero-order valence-electron chi connectivity index (χ0n) is 15.0. The number of piperidine rings is 1. The minimum Gasteiger partial charge on any atom is -0.345 e. The van der Waals surface area contributed by atoms with Crippen LogP contribution in [0.4, 0.5) is 0 Å². The van der Waals surface area contributed by atoms with Crippen molar-refractivity contribution in [2.45, 2.75) is 55.4 Å². The Hall–Kier alpha value is -1.71. The molecule has 0 amide bonds. The Bertz CT molecular complexity index is 889. The first-order chi connectivity index (χ1) is 12.4. The number of sulfonamides is 1. The van der Waals surface area contributed by atoms with E-state index in [0.29, 0.717) is 30.5 Å². The molecule has 142 valence electrons. The molecule has 1 aliphatic heterocycles. The monoisotopic (exact) mass is 379 g/mol. The van der Waals surface area contributed by atoms with Gasteiger partial charge in [0.1, 0.15) is 10.6 Å². The molecule has 9 heteroatoms. The summed E-state index contributed by atoms with van der Waals surface area (Å²) >= 11 is 0. The molecule has 2 N–H and O–H groups in total. The Kier molecular flexibility index (Phi) is 4.40. The SMILES string of the molecule is Cn1cc(S(=O)(=O)N2CCCCC2)cc1-c1nc(C2(N)CCCC2)no1. The lowest BCUT2D eigenvalue weighted by Crippen LogP contribution is -2.35. The van der Waals surface area contributed by atoms with Crippen molar-refractivity contribution < 1.29 is 12.9 Å². The Morgan fingerprint density at radius 1 is 1.15 bits per heavy atom. The van der Waals surface area contributed by atoms with E-state index in [4.69, 9.17) is 10.3 Å². The summed E-state index contributed by atoms with van der Waals surface area (Å²) in [6, 6.07) is 1.61. The number of hydrogen-bond donors (Lipinski definition) is 1. The maximum Gasteiger partial charge on any atom is 0.274 e. The fraction of sp³-hybridized carbons (Fsp3) is 0.647. The number of rotatable bonds is 4. The lowest BCUT2D eigenvalue weighted by atomic mass is 9.99. The molecule has 1 saturated heterocycles. The fourth-order valence-corrected chi connectivity index (χ4v) is 5.49. The Balaban J connectivity index is 1.64. The largest absolute Gasteiger partial charge is 0.345 e. The van der Waals surface area contributed by atoms with Gasteiger partial charge < -0.3 is 14.8 Å². The van der Waals surface area contributed by atoms with E-state index < -0.39 is 15.6 Å². The van der Waals surface area contributed by atoms with E-state index in [1.54, 1.807) is 28.2 Å². The number of aromatic nitrogens is 3. The van der Waals surface area contributed by atoms with Gasteiger partial charge in [-0.3, -0.25) is 0 Å². The number of nitrogens with two attached hydrogens (primary N) is 1. The lowest BCUT2D eigenvalue weighted by molar-refractivity contribution is 0.346. The molecule has 2 aromatic rings. The molecule has 1 aliphatic carbocycles. The van der Waals surface area contributed by atoms with Crippen LogP contribution in [0.25, 0.3) is 11.6 Å². The van der Waals surface area contributed by atoms with Crippen molar-refractivity contribution in [2.24, 2.45) is 12.8 Å². The Morgan fingerprint density at radius 3 is 2.54 bits per heavy atom. The summed E-state index contributed by atoms with van der Waals surface area (Å²) in [4.78, 5) is 4.73. The topological polar surface area (TPSA) is 107 Å². The number of nitrogens with zero attached hydrogens (tertiary/aromatic N) is 4. The molecule has 4 rings (SSSR count). The van der Waals surface area contributed by atoms with Crippen molar-refractivity contribution in [3.63, 3.8) is 0 Å². The van der Waals surface area contributed by atoms with Crippen LogP contribution in [0.2, 0.25) is 0 Å². The van der Waals surface area contributed by atoms with E-state index in [1.807, 2.05) is 0 Å². The molecule has 0 unspecified atom stereocenters. The fourth-order valence-electron chi connectivity index (χ4n) is 3.90. The van der Waals surface area contributed by atoms with Crippen molar-refractivity contribution in [3.8, 4) is 11.6 Å². The summed E-state index contributed by atoms with van der Waals surface area (Å²) in [5.41, 5.74) is 6.44. The molecule has 2 aromatic heterocycles. The lowest BCUT2D eigenvalue weighted by Gasteiger charge is -2.25. The number of hydrogen-bond acceptors (Lipinski definition) is 6. The molecule has 0 radical (unpaired) electrons. The number of aryl methyl sites for hydroxylation is 1. The Morgan fingerprint density at radius 2 is 1.85 bits per heavy atom. The van der Waals surface area contributed by atoms with Gasteiger partial charge in [-0.2, -0.15) is 9.29 Å². The van der Waals surface area contributed by atoms with Gasteiger partial charge in [-0.25, -0.2) is 8.42 Å². The molecule has 2 aliphatic rings. The van der Waals surface area contributed by atoms with Crippen LogP contribution in [0.3, 0.4) is 0 Å². The molecule has 3 heterocycles. The average molecular weight is 379 g/mol. The smallest absolute Gasteiger partial charge is 0.274 e. The highest BCUT2D eigenvalue weighted by Gasteiger charge is 2.36. The third-order valence-electron chi connectivity index (χ3n) is 5.52. The van der Waals surface area contributed by atoms with Gasteiger partial charge in [0.2, 0.25) is 10.0 Å². The van der Waals surface area contributed by atoms with Crippen molar-refractivity contribution in [2.75, 3.05) is 13.1 Å². The second kappa shape index (κ2) is 6.47. The van der Waals surface area contributed by atoms with E-state index in [0.717, 1.165) is 44.9 Å². The maximum absolute atomic E-state index is 12.9. The second-order valence-corrected chi connectivity index (χ2v) is 9.36. The molecule has 2 fully saturated rings. The van der Waals surface area contributed by atoms with Crippen molar-refractivity contribution in [3.05, 3.63) is 18.1 Å². The first-order valence-corrected chi connectivity index (χ1v) is 10.6. The predicted molar refractivity (Wildman–Crippen MR) is 95.6 cm³/mol. The first-order valence-electron chi connectivity index (χ1n) is 9.20. The van der Waals surface area contributed by atoms with Gasteiger partial charge in [0, 0.05) is 26.3 Å². The van der Waals surface area contributed by atoms with E-state index in [2.05, 4.69) is 10.1 Å². The third-order valence-corrected chi connectivity index (χ3v) is 7.38. The molecule has 0 aromatic carbocycles. The van der Waals surface area contributed by atoms with Gasteiger partial charge in [0.25, 0.3) is 5.89 Å². The van der Waals surface area contributed by atoms with Crippen LogP contribution >= 0.6 is 0 Å². The van der Waals surface area contributed by atoms with Crippen molar-refractivity contribution in [1.29, 1.82) is 0 Å². The van der Waals surface area contributed by atoms with Crippen LogP contribution in [-0.2, 0) is 22.6 Å². The Labute approximate surface area is 153 Å². The van der Waals surface area contributed by atoms with Crippen molar-refractivity contribution >= 4 is 10.0 Å². The van der Waals surface area contributed by atoms with Crippen LogP contribution < -0.4 is 5.73 Å². The van der Waals surface area contributed by atoms with E-state index in [9.17, 15) is 8.42 Å². The van der Waals surface area contributed by atoms with Crippen LogP contribution in [0.15, 0.2) is 21.7 Å². The second-order valence-electron chi connectivity index (χ2n) is 7.42. The summed E-state index contributed by atoms with van der Waals surface area (Å²) in [5.74, 6) is 0.811. The van der Waals surface area contributed by atoms with E-state index >= 15 is 0 Å². The standard InChI is InChI=1S/C17H25N5O3S/c1-21-12-13(26(23,24)22-9-5-2-6-10-22)11-14(21)15-19-16(20-25-15)17(18)7-3-4-8-17/h11-12H,2-10,18H2,1H3. The minimum atomic E-state index is -3.49. The van der Waals surface area contributed by atoms with Gasteiger partial charge in [-0.1, -0.05) is 24.4 Å². The summed E-state index contributed by atoms with van der Waals surface area (Å²) in [6.07, 6.45) is 8.30. The summed E-state index contributed by atoms with van der Waals surface area (Å²) in [6.45, 7) is 1.15.